The first-order chi connectivity index (χ1) is 14.8. The molecule has 1 N–H and O–H groups in total. The molecule has 3 heterocycles. The van der Waals surface area contributed by atoms with E-state index in [1.165, 1.54) is 30.9 Å². The summed E-state index contributed by atoms with van der Waals surface area (Å²) < 4.78 is 7.97. The fraction of sp³-hybridized carbons (Fsp3) is 0.190. The van der Waals surface area contributed by atoms with Gasteiger partial charge in [-0.1, -0.05) is 23.7 Å². The van der Waals surface area contributed by atoms with Gasteiger partial charge >= 0.3 is 5.69 Å². The lowest BCUT2D eigenvalue weighted by molar-refractivity contribution is -0.116. The molecule has 4 aromatic rings. The number of carbonyl (C=O) groups is 1. The summed E-state index contributed by atoms with van der Waals surface area (Å²) in [7, 11) is 2.92. The van der Waals surface area contributed by atoms with E-state index in [2.05, 4.69) is 15.3 Å². The Hall–Kier alpha value is -3.72. The van der Waals surface area contributed by atoms with Crippen LogP contribution >= 0.6 is 11.6 Å². The first-order valence-electron chi connectivity index (χ1n) is 9.40. The van der Waals surface area contributed by atoms with Crippen molar-refractivity contribution in [2.45, 2.75) is 12.8 Å². The zero-order valence-corrected chi connectivity index (χ0v) is 17.5. The molecule has 0 aliphatic rings. The molecule has 10 heteroatoms. The molecule has 0 unspecified atom stereocenters. The molecule has 0 bridgehead atoms. The van der Waals surface area contributed by atoms with E-state index >= 15 is 0 Å². The predicted octanol–water partition coefficient (Wildman–Crippen LogP) is 2.51. The molecule has 0 radical (unpaired) electrons. The normalized spacial score (nSPS) is 11.1. The van der Waals surface area contributed by atoms with E-state index in [0.29, 0.717) is 22.4 Å². The minimum Gasteiger partial charge on any atom is -0.441 e. The van der Waals surface area contributed by atoms with Gasteiger partial charge in [-0.15, -0.1) is 0 Å². The smallest absolute Gasteiger partial charge is 0.332 e. The molecule has 0 fully saturated rings. The number of amides is 1. The Morgan fingerprint density at radius 1 is 1.13 bits per heavy atom. The van der Waals surface area contributed by atoms with Gasteiger partial charge in [-0.2, -0.15) is 0 Å². The molecule has 3 aromatic heterocycles. The van der Waals surface area contributed by atoms with Gasteiger partial charge in [0.1, 0.15) is 5.65 Å². The maximum atomic E-state index is 12.4. The van der Waals surface area contributed by atoms with E-state index in [4.69, 9.17) is 16.0 Å². The van der Waals surface area contributed by atoms with Crippen LogP contribution in [0.4, 0.5) is 5.69 Å². The molecular formula is C21H18ClN5O4. The lowest BCUT2D eigenvalue weighted by Gasteiger charge is -2.09. The predicted molar refractivity (Wildman–Crippen MR) is 116 cm³/mol. The molecule has 0 aliphatic heterocycles. The quantitative estimate of drug-likeness (QED) is 0.511. The third kappa shape index (κ3) is 3.99. The minimum atomic E-state index is -0.478. The second kappa shape index (κ2) is 8.19. The summed E-state index contributed by atoms with van der Waals surface area (Å²) in [5, 5.41) is 3.49. The molecule has 1 aromatic carbocycles. The number of aromatic nitrogens is 4. The number of oxazole rings is 1. The van der Waals surface area contributed by atoms with Crippen molar-refractivity contribution in [1.82, 2.24) is 19.1 Å². The Bertz CT molecular complexity index is 1420. The van der Waals surface area contributed by atoms with Gasteiger partial charge in [0.2, 0.25) is 5.91 Å². The van der Waals surface area contributed by atoms with Gasteiger partial charge in [0.05, 0.1) is 28.5 Å². The number of hydrogen-bond donors (Lipinski definition) is 1. The van der Waals surface area contributed by atoms with Crippen molar-refractivity contribution in [1.29, 1.82) is 0 Å². The maximum absolute atomic E-state index is 12.4. The van der Waals surface area contributed by atoms with Crippen molar-refractivity contribution in [3.63, 3.8) is 0 Å². The highest BCUT2D eigenvalue weighted by molar-refractivity contribution is 6.33. The van der Waals surface area contributed by atoms with Crippen molar-refractivity contribution in [2.24, 2.45) is 14.1 Å². The van der Waals surface area contributed by atoms with Gasteiger partial charge in [-0.05, 0) is 18.2 Å². The molecule has 0 spiro atoms. The Balaban J connectivity index is 1.46. The average Bonchev–Trinajstić information content (AvgIpc) is 3.24. The lowest BCUT2D eigenvalue weighted by Crippen LogP contribution is -2.37. The maximum Gasteiger partial charge on any atom is 0.332 e. The molecule has 1 amide bonds. The van der Waals surface area contributed by atoms with Crippen LogP contribution in [-0.4, -0.2) is 25.0 Å². The van der Waals surface area contributed by atoms with Crippen LogP contribution in [0.2, 0.25) is 5.02 Å². The van der Waals surface area contributed by atoms with Gasteiger partial charge in [-0.25, -0.2) is 14.8 Å². The Labute approximate surface area is 180 Å². The van der Waals surface area contributed by atoms with E-state index in [0.717, 1.165) is 10.1 Å². The van der Waals surface area contributed by atoms with Gasteiger partial charge in [0.25, 0.3) is 5.56 Å². The van der Waals surface area contributed by atoms with Crippen LogP contribution in [0.25, 0.3) is 22.4 Å². The average molecular weight is 440 g/mol. The first kappa shape index (κ1) is 20.5. The number of hydrogen-bond acceptors (Lipinski definition) is 6. The number of nitrogens with one attached hydrogen (secondary N) is 1. The van der Waals surface area contributed by atoms with Crippen molar-refractivity contribution in [2.75, 3.05) is 5.32 Å². The van der Waals surface area contributed by atoms with E-state index in [9.17, 15) is 14.4 Å². The minimum absolute atomic E-state index is 0.117. The van der Waals surface area contributed by atoms with E-state index in [-0.39, 0.29) is 29.8 Å². The third-order valence-corrected chi connectivity index (χ3v) is 5.17. The number of benzene rings is 1. The van der Waals surface area contributed by atoms with Crippen LogP contribution in [-0.2, 0) is 25.3 Å². The summed E-state index contributed by atoms with van der Waals surface area (Å²) in [6, 6.07) is 8.76. The highest BCUT2D eigenvalue weighted by atomic mass is 35.5. The summed E-state index contributed by atoms with van der Waals surface area (Å²) in [6.45, 7) is 0. The Morgan fingerprint density at radius 3 is 2.68 bits per heavy atom. The SMILES string of the molecule is Cn1c(=O)c2cc(NC(=O)CCc3ncc(-c4ccccc4Cl)o3)cnc2n(C)c1=O. The van der Waals surface area contributed by atoms with Crippen molar-refractivity contribution in [3.8, 4) is 11.3 Å². The Morgan fingerprint density at radius 2 is 1.90 bits per heavy atom. The van der Waals surface area contributed by atoms with Gasteiger partial charge < -0.3 is 9.73 Å². The van der Waals surface area contributed by atoms with E-state index in [1.54, 1.807) is 12.3 Å². The van der Waals surface area contributed by atoms with Crippen molar-refractivity contribution >= 4 is 34.2 Å². The van der Waals surface area contributed by atoms with Gasteiger partial charge in [0, 0.05) is 32.5 Å². The molecular weight excluding hydrogens is 422 g/mol. The number of aryl methyl sites for hydroxylation is 2. The summed E-state index contributed by atoms with van der Waals surface area (Å²) in [6.07, 6.45) is 3.38. The zero-order valence-electron chi connectivity index (χ0n) is 16.8. The highest BCUT2D eigenvalue weighted by Gasteiger charge is 2.13. The van der Waals surface area contributed by atoms with Crippen LogP contribution in [0.3, 0.4) is 0 Å². The lowest BCUT2D eigenvalue weighted by atomic mass is 10.2. The molecule has 0 saturated carbocycles. The van der Waals surface area contributed by atoms with Crippen molar-refractivity contribution < 1.29 is 9.21 Å². The number of nitrogens with zero attached hydrogens (tertiary/aromatic N) is 4. The fourth-order valence-electron chi connectivity index (χ4n) is 3.19. The molecule has 9 nitrogen and oxygen atoms in total. The van der Waals surface area contributed by atoms with Gasteiger partial charge in [0.15, 0.2) is 11.7 Å². The third-order valence-electron chi connectivity index (χ3n) is 4.84. The van der Waals surface area contributed by atoms with Gasteiger partial charge in [-0.3, -0.25) is 18.7 Å². The molecule has 0 atom stereocenters. The topological polar surface area (TPSA) is 112 Å². The fourth-order valence-corrected chi connectivity index (χ4v) is 3.42. The van der Waals surface area contributed by atoms with E-state index < -0.39 is 11.2 Å². The number of carbonyl (C=O) groups excluding carboxylic acids is 1. The molecule has 158 valence electrons. The number of anilines is 1. The highest BCUT2D eigenvalue weighted by Crippen LogP contribution is 2.28. The molecule has 0 aliphatic carbocycles. The molecule has 0 saturated heterocycles. The first-order valence-corrected chi connectivity index (χ1v) is 9.78. The number of rotatable bonds is 5. The number of halogens is 1. The van der Waals surface area contributed by atoms with Crippen LogP contribution in [0.5, 0.6) is 0 Å². The standard InChI is InChI=1S/C21H18ClN5O4/c1-26-19-14(20(29)27(2)21(26)30)9-12(10-24-19)25-17(28)7-8-18-23-11-16(31-18)13-5-3-4-6-15(13)22/h3-6,9-11H,7-8H2,1-2H3,(H,25,28). The van der Waals surface area contributed by atoms with Crippen molar-refractivity contribution in [3.05, 3.63) is 74.5 Å². The second-order valence-corrected chi connectivity index (χ2v) is 7.35. The zero-order chi connectivity index (χ0) is 22.1. The summed E-state index contributed by atoms with van der Waals surface area (Å²) in [4.78, 5) is 45.1. The van der Waals surface area contributed by atoms with Crippen LogP contribution in [0.15, 0.2) is 56.7 Å². The number of pyridine rings is 1. The van der Waals surface area contributed by atoms with E-state index in [1.807, 2.05) is 18.2 Å². The molecule has 4 rings (SSSR count). The second-order valence-electron chi connectivity index (χ2n) is 6.95. The Kier molecular flexibility index (Phi) is 5.43. The summed E-state index contributed by atoms with van der Waals surface area (Å²) in [5.41, 5.74) is 0.387. The summed E-state index contributed by atoms with van der Waals surface area (Å²) >= 11 is 6.17. The van der Waals surface area contributed by atoms with Crippen LogP contribution < -0.4 is 16.6 Å². The van der Waals surface area contributed by atoms with Crippen LogP contribution in [0.1, 0.15) is 12.3 Å². The molecule has 31 heavy (non-hydrogen) atoms. The monoisotopic (exact) mass is 439 g/mol. The largest absolute Gasteiger partial charge is 0.441 e. The number of fused-ring (bicyclic) bond motifs is 1. The van der Waals surface area contributed by atoms with Crippen LogP contribution in [0, 0.1) is 0 Å². The summed E-state index contributed by atoms with van der Waals surface area (Å²) in [5.74, 6) is 0.645.